The average Bonchev–Trinajstić information content (AvgIpc) is 2.60. The van der Waals surface area contributed by atoms with Gasteiger partial charge in [0.25, 0.3) is 0 Å². The molecule has 0 heterocycles. The van der Waals surface area contributed by atoms with Crippen LogP contribution in [0.15, 0.2) is 48.5 Å². The van der Waals surface area contributed by atoms with Crippen LogP contribution in [0, 0.1) is 0 Å². The number of carbonyl (C=O) groups is 2. The Kier molecular flexibility index (Phi) is 6.39. The molecule has 2 aromatic rings. The minimum absolute atomic E-state index is 0.0799. The first kappa shape index (κ1) is 19.5. The highest BCUT2D eigenvalue weighted by Gasteiger charge is 2.13. The van der Waals surface area contributed by atoms with Crippen LogP contribution in [-0.2, 0) is 16.7 Å². The summed E-state index contributed by atoms with van der Waals surface area (Å²) in [6.07, 6.45) is 0. The second-order valence-electron chi connectivity index (χ2n) is 7.05. The third-order valence-corrected chi connectivity index (χ3v) is 3.93. The molecule has 26 heavy (non-hydrogen) atoms. The zero-order valence-corrected chi connectivity index (χ0v) is 15.8. The highest BCUT2D eigenvalue weighted by Crippen LogP contribution is 2.23. The number of hydrogen-bond donors (Lipinski definition) is 2. The molecule has 2 rings (SSSR count). The van der Waals surface area contributed by atoms with E-state index in [-0.39, 0.29) is 17.4 Å². The molecule has 5 heteroatoms. The van der Waals surface area contributed by atoms with E-state index in [1.165, 1.54) is 5.56 Å². The van der Waals surface area contributed by atoms with E-state index in [0.29, 0.717) is 18.7 Å². The predicted octanol–water partition coefficient (Wildman–Crippen LogP) is 4.48. The number of esters is 1. The van der Waals surface area contributed by atoms with Crippen LogP contribution in [-0.4, -0.2) is 18.6 Å². The van der Waals surface area contributed by atoms with Gasteiger partial charge in [-0.25, -0.2) is 9.59 Å². The molecular weight excluding hydrogens is 328 g/mol. The van der Waals surface area contributed by atoms with Crippen LogP contribution in [0.4, 0.5) is 10.5 Å². The minimum atomic E-state index is -0.344. The number of carbonyl (C=O) groups excluding carboxylic acids is 2. The van der Waals surface area contributed by atoms with Crippen molar-refractivity contribution in [3.8, 4) is 0 Å². The standard InChI is InChI=1S/C21H26N2O3/c1-5-26-19(24)16-8-6-15(7-9-16)14-22-20(25)23-18-12-10-17(11-13-18)21(2,3)4/h6-13H,5,14H2,1-4H3,(H2,22,23,25). The molecule has 0 bridgehead atoms. The largest absolute Gasteiger partial charge is 0.462 e. The van der Waals surface area contributed by atoms with Crippen LogP contribution in [0.25, 0.3) is 0 Å². The van der Waals surface area contributed by atoms with Crippen LogP contribution in [0.1, 0.15) is 49.2 Å². The van der Waals surface area contributed by atoms with E-state index in [4.69, 9.17) is 4.74 Å². The van der Waals surface area contributed by atoms with Crippen molar-refractivity contribution in [1.82, 2.24) is 5.32 Å². The second kappa shape index (κ2) is 8.52. The maximum Gasteiger partial charge on any atom is 0.338 e. The highest BCUT2D eigenvalue weighted by atomic mass is 16.5. The van der Waals surface area contributed by atoms with Gasteiger partial charge in [0.2, 0.25) is 0 Å². The number of anilines is 1. The molecule has 0 radical (unpaired) electrons. The Morgan fingerprint density at radius 2 is 1.58 bits per heavy atom. The number of hydrogen-bond acceptors (Lipinski definition) is 3. The van der Waals surface area contributed by atoms with Gasteiger partial charge in [-0.1, -0.05) is 45.0 Å². The van der Waals surface area contributed by atoms with Gasteiger partial charge in [-0.2, -0.15) is 0 Å². The number of rotatable bonds is 5. The smallest absolute Gasteiger partial charge is 0.338 e. The average molecular weight is 354 g/mol. The number of nitrogens with one attached hydrogen (secondary N) is 2. The van der Waals surface area contributed by atoms with Gasteiger partial charge in [0.1, 0.15) is 0 Å². The summed E-state index contributed by atoms with van der Waals surface area (Å²) in [6, 6.07) is 14.5. The zero-order valence-electron chi connectivity index (χ0n) is 15.8. The van der Waals surface area contributed by atoms with E-state index >= 15 is 0 Å². The van der Waals surface area contributed by atoms with Crippen molar-refractivity contribution in [3.63, 3.8) is 0 Å². The summed E-state index contributed by atoms with van der Waals surface area (Å²) in [7, 11) is 0. The Labute approximate surface area is 154 Å². The Balaban J connectivity index is 1.86. The molecule has 0 unspecified atom stereocenters. The van der Waals surface area contributed by atoms with Crippen LogP contribution >= 0.6 is 0 Å². The lowest BCUT2D eigenvalue weighted by molar-refractivity contribution is 0.0526. The molecule has 0 aromatic heterocycles. The fourth-order valence-electron chi connectivity index (χ4n) is 2.38. The summed E-state index contributed by atoms with van der Waals surface area (Å²) < 4.78 is 4.94. The predicted molar refractivity (Wildman–Crippen MR) is 103 cm³/mol. The molecule has 0 aliphatic heterocycles. The molecule has 138 valence electrons. The van der Waals surface area contributed by atoms with Crippen molar-refractivity contribution >= 4 is 17.7 Å². The maximum atomic E-state index is 12.0. The van der Waals surface area contributed by atoms with Crippen molar-refractivity contribution in [2.24, 2.45) is 0 Å². The third kappa shape index (κ3) is 5.62. The molecule has 0 saturated carbocycles. The molecular formula is C21H26N2O3. The van der Waals surface area contributed by atoms with Crippen molar-refractivity contribution < 1.29 is 14.3 Å². The molecule has 2 aromatic carbocycles. The van der Waals surface area contributed by atoms with Gasteiger partial charge in [0.05, 0.1) is 12.2 Å². The van der Waals surface area contributed by atoms with Crippen molar-refractivity contribution in [2.75, 3.05) is 11.9 Å². The van der Waals surface area contributed by atoms with Gasteiger partial charge >= 0.3 is 12.0 Å². The first-order valence-corrected chi connectivity index (χ1v) is 8.71. The summed E-state index contributed by atoms with van der Waals surface area (Å²) >= 11 is 0. The lowest BCUT2D eigenvalue weighted by Crippen LogP contribution is -2.28. The molecule has 0 atom stereocenters. The fraction of sp³-hybridized carbons (Fsp3) is 0.333. The van der Waals surface area contributed by atoms with Gasteiger partial charge in [-0.3, -0.25) is 0 Å². The van der Waals surface area contributed by atoms with Crippen molar-refractivity contribution in [2.45, 2.75) is 39.7 Å². The number of ether oxygens (including phenoxy) is 1. The monoisotopic (exact) mass is 354 g/mol. The Morgan fingerprint density at radius 1 is 0.962 bits per heavy atom. The van der Waals surface area contributed by atoms with Crippen molar-refractivity contribution in [3.05, 3.63) is 65.2 Å². The maximum absolute atomic E-state index is 12.0. The van der Waals surface area contributed by atoms with Crippen LogP contribution in [0.5, 0.6) is 0 Å². The van der Waals surface area contributed by atoms with E-state index in [1.807, 2.05) is 24.3 Å². The quantitative estimate of drug-likeness (QED) is 0.778. The summed E-state index contributed by atoms with van der Waals surface area (Å²) in [5.74, 6) is -0.344. The topological polar surface area (TPSA) is 67.4 Å². The molecule has 0 spiro atoms. The van der Waals surface area contributed by atoms with E-state index in [1.54, 1.807) is 31.2 Å². The highest BCUT2D eigenvalue weighted by molar-refractivity contribution is 5.90. The van der Waals surface area contributed by atoms with Crippen LogP contribution < -0.4 is 10.6 Å². The van der Waals surface area contributed by atoms with Gasteiger partial charge < -0.3 is 15.4 Å². The van der Waals surface area contributed by atoms with Crippen LogP contribution in [0.2, 0.25) is 0 Å². The SMILES string of the molecule is CCOC(=O)c1ccc(CNC(=O)Nc2ccc(C(C)(C)C)cc2)cc1. The summed E-state index contributed by atoms with van der Waals surface area (Å²) in [5.41, 5.74) is 3.44. The number of urea groups is 1. The zero-order chi connectivity index (χ0) is 19.2. The molecule has 2 N–H and O–H groups in total. The van der Waals surface area contributed by atoms with E-state index in [0.717, 1.165) is 11.3 Å². The molecule has 5 nitrogen and oxygen atoms in total. The first-order chi connectivity index (χ1) is 12.3. The van der Waals surface area contributed by atoms with Crippen LogP contribution in [0.3, 0.4) is 0 Å². The minimum Gasteiger partial charge on any atom is -0.462 e. The van der Waals surface area contributed by atoms with E-state index < -0.39 is 0 Å². The van der Waals surface area contributed by atoms with Crippen molar-refractivity contribution in [1.29, 1.82) is 0 Å². The summed E-state index contributed by atoms with van der Waals surface area (Å²) in [6.45, 7) is 8.93. The van der Waals surface area contributed by atoms with Gasteiger partial charge in [0, 0.05) is 12.2 Å². The van der Waals surface area contributed by atoms with Gasteiger partial charge in [-0.05, 0) is 47.7 Å². The van der Waals surface area contributed by atoms with Gasteiger partial charge in [0.15, 0.2) is 0 Å². The first-order valence-electron chi connectivity index (χ1n) is 8.71. The van der Waals surface area contributed by atoms with Gasteiger partial charge in [-0.15, -0.1) is 0 Å². The fourth-order valence-corrected chi connectivity index (χ4v) is 2.38. The van der Waals surface area contributed by atoms with E-state index in [9.17, 15) is 9.59 Å². The Hall–Kier alpha value is -2.82. The normalized spacial score (nSPS) is 10.9. The summed E-state index contributed by atoms with van der Waals surface area (Å²) in [5, 5.41) is 5.61. The number of benzene rings is 2. The Bertz CT molecular complexity index is 744. The summed E-state index contributed by atoms with van der Waals surface area (Å²) in [4.78, 5) is 23.6. The third-order valence-electron chi connectivity index (χ3n) is 3.93. The molecule has 0 fully saturated rings. The second-order valence-corrected chi connectivity index (χ2v) is 7.05. The molecule has 0 saturated heterocycles. The molecule has 2 amide bonds. The molecule has 0 aliphatic rings. The number of amides is 2. The lowest BCUT2D eigenvalue weighted by atomic mass is 9.87. The van der Waals surface area contributed by atoms with E-state index in [2.05, 4.69) is 31.4 Å². The molecule has 0 aliphatic carbocycles. The Morgan fingerprint density at radius 3 is 2.12 bits per heavy atom. The lowest BCUT2D eigenvalue weighted by Gasteiger charge is -2.19.